The maximum atomic E-state index is 12.9. The first-order valence-corrected chi connectivity index (χ1v) is 10.4. The number of carbonyl (C=O) groups excluding carboxylic acids is 3. The Morgan fingerprint density at radius 2 is 1.71 bits per heavy atom. The van der Waals surface area contributed by atoms with Crippen molar-refractivity contribution in [2.75, 3.05) is 27.2 Å². The minimum Gasteiger partial charge on any atom is -0.345 e. The summed E-state index contributed by atoms with van der Waals surface area (Å²) in [5.74, 6) is -0.722. The quantitative estimate of drug-likeness (QED) is 0.699. The molecule has 0 spiro atoms. The number of benzene rings is 1. The second-order valence-electron chi connectivity index (χ2n) is 7.51. The molecule has 2 N–H and O–H groups in total. The van der Waals surface area contributed by atoms with E-state index < -0.39 is 21.6 Å². The first-order chi connectivity index (χ1) is 13.1. The summed E-state index contributed by atoms with van der Waals surface area (Å²) in [6.45, 7) is 2.18. The predicted octanol–water partition coefficient (Wildman–Crippen LogP) is 0.387. The number of carbonyl (C=O) groups is 3. The zero-order chi connectivity index (χ0) is 20.7. The lowest BCUT2D eigenvalue weighted by atomic mass is 9.79. The molecule has 2 heterocycles. The summed E-state index contributed by atoms with van der Waals surface area (Å²) in [7, 11) is -0.436. The third-order valence-corrected chi connectivity index (χ3v) is 7.40. The molecule has 2 aliphatic rings. The molecule has 1 atom stereocenters. The lowest BCUT2D eigenvalue weighted by Crippen LogP contribution is -2.54. The highest BCUT2D eigenvalue weighted by Crippen LogP contribution is 2.32. The monoisotopic (exact) mass is 408 g/mol. The van der Waals surface area contributed by atoms with Crippen LogP contribution < -0.4 is 10.6 Å². The Kier molecular flexibility index (Phi) is 5.20. The van der Waals surface area contributed by atoms with Gasteiger partial charge in [0.2, 0.25) is 10.0 Å². The molecule has 9 nitrogen and oxygen atoms in total. The molecule has 2 aliphatic heterocycles. The Morgan fingerprint density at radius 1 is 1.14 bits per heavy atom. The highest BCUT2D eigenvalue weighted by molar-refractivity contribution is 7.89. The topological polar surface area (TPSA) is 116 Å². The van der Waals surface area contributed by atoms with Gasteiger partial charge in [-0.2, -0.15) is 4.31 Å². The summed E-state index contributed by atoms with van der Waals surface area (Å²) in [5.41, 5.74) is -0.597. The summed E-state index contributed by atoms with van der Waals surface area (Å²) < 4.78 is 27.2. The zero-order valence-corrected chi connectivity index (χ0v) is 16.9. The van der Waals surface area contributed by atoms with E-state index in [1.807, 2.05) is 0 Å². The second kappa shape index (κ2) is 7.17. The van der Waals surface area contributed by atoms with Crippen molar-refractivity contribution in [3.63, 3.8) is 0 Å². The van der Waals surface area contributed by atoms with Gasteiger partial charge in [-0.3, -0.25) is 14.9 Å². The van der Waals surface area contributed by atoms with Crippen molar-refractivity contribution < 1.29 is 22.8 Å². The van der Waals surface area contributed by atoms with E-state index in [0.29, 0.717) is 18.4 Å². The molecule has 0 aliphatic carbocycles. The predicted molar refractivity (Wildman–Crippen MR) is 101 cm³/mol. The Bertz CT molecular complexity index is 904. The molecule has 0 saturated carbocycles. The number of rotatable bonds is 4. The number of amides is 4. The lowest BCUT2D eigenvalue weighted by molar-refractivity contribution is -0.125. The molecule has 0 radical (unpaired) electrons. The van der Waals surface area contributed by atoms with Crippen molar-refractivity contribution in [3.8, 4) is 0 Å². The Hall–Kier alpha value is -2.46. The maximum Gasteiger partial charge on any atom is 0.322 e. The molecular formula is C18H24N4O5S. The molecule has 2 saturated heterocycles. The average molecular weight is 408 g/mol. The smallest absolute Gasteiger partial charge is 0.322 e. The standard InChI is InChI=1S/C18H24N4O5S/c1-18(16(24)19-17(25)20-18)13-8-10-22(11-9-13)28(26,27)14-6-4-12(5-7-14)15(23)21(2)3/h4-7,13H,8-11H2,1-3H3,(H2,19,20,24,25). The second-order valence-corrected chi connectivity index (χ2v) is 9.45. The lowest BCUT2D eigenvalue weighted by Gasteiger charge is -2.38. The summed E-state index contributed by atoms with van der Waals surface area (Å²) in [4.78, 5) is 37.0. The number of imide groups is 1. The summed E-state index contributed by atoms with van der Waals surface area (Å²) >= 11 is 0. The van der Waals surface area contributed by atoms with Crippen molar-refractivity contribution in [1.82, 2.24) is 19.8 Å². The van der Waals surface area contributed by atoms with E-state index in [0.717, 1.165) is 0 Å². The zero-order valence-electron chi connectivity index (χ0n) is 16.1. The number of urea groups is 1. The molecule has 1 aromatic rings. The van der Waals surface area contributed by atoms with Crippen LogP contribution in [0.3, 0.4) is 0 Å². The van der Waals surface area contributed by atoms with E-state index in [2.05, 4.69) is 10.6 Å². The van der Waals surface area contributed by atoms with Gasteiger partial charge in [-0.05, 0) is 49.9 Å². The fourth-order valence-electron chi connectivity index (χ4n) is 3.69. The van der Waals surface area contributed by atoms with Crippen LogP contribution in [0, 0.1) is 5.92 Å². The van der Waals surface area contributed by atoms with Gasteiger partial charge in [0.1, 0.15) is 5.54 Å². The van der Waals surface area contributed by atoms with E-state index >= 15 is 0 Å². The van der Waals surface area contributed by atoms with E-state index in [-0.39, 0.29) is 35.7 Å². The Balaban J connectivity index is 1.70. The van der Waals surface area contributed by atoms with Crippen LogP contribution in [-0.4, -0.2) is 68.2 Å². The number of piperidine rings is 1. The molecule has 0 bridgehead atoms. The number of nitrogens with one attached hydrogen (secondary N) is 2. The number of sulfonamides is 1. The molecule has 10 heteroatoms. The van der Waals surface area contributed by atoms with E-state index in [1.165, 1.54) is 33.5 Å². The average Bonchev–Trinajstić information content (AvgIpc) is 2.94. The highest BCUT2D eigenvalue weighted by atomic mass is 32.2. The largest absolute Gasteiger partial charge is 0.345 e. The van der Waals surface area contributed by atoms with Crippen LogP contribution in [-0.2, 0) is 14.8 Å². The van der Waals surface area contributed by atoms with E-state index in [1.54, 1.807) is 21.0 Å². The summed E-state index contributed by atoms with van der Waals surface area (Å²) in [5, 5.41) is 4.90. The third kappa shape index (κ3) is 3.49. The number of hydrogen-bond donors (Lipinski definition) is 2. The fraction of sp³-hybridized carbons (Fsp3) is 0.500. The van der Waals surface area contributed by atoms with Gasteiger partial charge in [-0.15, -0.1) is 0 Å². The van der Waals surface area contributed by atoms with Gasteiger partial charge in [0.25, 0.3) is 11.8 Å². The Labute approximate surface area is 164 Å². The van der Waals surface area contributed by atoms with Crippen LogP contribution >= 0.6 is 0 Å². The highest BCUT2D eigenvalue weighted by Gasteiger charge is 2.49. The normalized spacial score (nSPS) is 24.0. The van der Waals surface area contributed by atoms with Crippen molar-refractivity contribution in [2.24, 2.45) is 5.92 Å². The van der Waals surface area contributed by atoms with Crippen LogP contribution in [0.4, 0.5) is 4.79 Å². The van der Waals surface area contributed by atoms with Crippen molar-refractivity contribution in [1.29, 1.82) is 0 Å². The van der Waals surface area contributed by atoms with Crippen LogP contribution in [0.25, 0.3) is 0 Å². The minimum absolute atomic E-state index is 0.124. The molecule has 28 heavy (non-hydrogen) atoms. The molecular weight excluding hydrogens is 384 g/mol. The van der Waals surface area contributed by atoms with E-state index in [4.69, 9.17) is 0 Å². The van der Waals surface area contributed by atoms with Crippen molar-refractivity contribution in [2.45, 2.75) is 30.2 Å². The van der Waals surface area contributed by atoms with Gasteiger partial charge < -0.3 is 10.2 Å². The Morgan fingerprint density at radius 3 is 2.18 bits per heavy atom. The van der Waals surface area contributed by atoms with Crippen LogP contribution in [0.15, 0.2) is 29.2 Å². The minimum atomic E-state index is -3.70. The maximum absolute atomic E-state index is 12.9. The summed E-state index contributed by atoms with van der Waals surface area (Å²) in [6.07, 6.45) is 0.918. The molecule has 1 aromatic carbocycles. The summed E-state index contributed by atoms with van der Waals surface area (Å²) in [6, 6.07) is 5.35. The van der Waals surface area contributed by atoms with Gasteiger partial charge in [-0.1, -0.05) is 0 Å². The first-order valence-electron chi connectivity index (χ1n) is 9.01. The van der Waals surface area contributed by atoms with Gasteiger partial charge in [-0.25, -0.2) is 13.2 Å². The van der Waals surface area contributed by atoms with Gasteiger partial charge in [0.05, 0.1) is 4.90 Å². The third-order valence-electron chi connectivity index (χ3n) is 5.49. The van der Waals surface area contributed by atoms with Gasteiger partial charge >= 0.3 is 6.03 Å². The molecule has 152 valence electrons. The van der Waals surface area contributed by atoms with Crippen LogP contribution in [0.5, 0.6) is 0 Å². The van der Waals surface area contributed by atoms with Crippen LogP contribution in [0.1, 0.15) is 30.1 Å². The molecule has 1 unspecified atom stereocenters. The molecule has 2 fully saturated rings. The fourth-order valence-corrected chi connectivity index (χ4v) is 5.16. The molecule has 3 rings (SSSR count). The molecule has 4 amide bonds. The SMILES string of the molecule is CN(C)C(=O)c1ccc(S(=O)(=O)N2CCC(C3(C)NC(=O)NC3=O)CC2)cc1. The number of nitrogens with zero attached hydrogens (tertiary/aromatic N) is 2. The van der Waals surface area contributed by atoms with Crippen LogP contribution in [0.2, 0.25) is 0 Å². The van der Waals surface area contributed by atoms with Gasteiger partial charge in [0, 0.05) is 32.7 Å². The van der Waals surface area contributed by atoms with E-state index in [9.17, 15) is 22.8 Å². The first kappa shape index (κ1) is 20.3. The molecule has 0 aromatic heterocycles. The van der Waals surface area contributed by atoms with Crippen molar-refractivity contribution in [3.05, 3.63) is 29.8 Å². The van der Waals surface area contributed by atoms with Gasteiger partial charge in [0.15, 0.2) is 0 Å². The van der Waals surface area contributed by atoms with Crippen molar-refractivity contribution >= 4 is 27.9 Å². The number of hydrogen-bond acceptors (Lipinski definition) is 5.